The number of nitrogens with zero attached hydrogens (tertiary/aromatic N) is 1. The number of carbonyl (C=O) groups is 1. The summed E-state index contributed by atoms with van der Waals surface area (Å²) in [6.07, 6.45) is 0.204. The molecular formula is C15H10ClNO2. The Balaban J connectivity index is 2.03. The van der Waals surface area contributed by atoms with E-state index in [1.807, 2.05) is 48.5 Å². The Morgan fingerprint density at radius 1 is 1.16 bits per heavy atom. The van der Waals surface area contributed by atoms with Crippen LogP contribution >= 0.6 is 11.6 Å². The smallest absolute Gasteiger partial charge is 0.227 e. The van der Waals surface area contributed by atoms with Gasteiger partial charge in [0.25, 0.3) is 0 Å². The van der Waals surface area contributed by atoms with Crippen molar-refractivity contribution in [2.45, 2.75) is 6.42 Å². The van der Waals surface area contributed by atoms with Gasteiger partial charge in [0, 0.05) is 12.0 Å². The summed E-state index contributed by atoms with van der Waals surface area (Å²) in [5.41, 5.74) is 3.25. The van der Waals surface area contributed by atoms with Crippen LogP contribution in [0, 0.1) is 0 Å². The molecule has 0 N–H and O–H groups in total. The molecule has 0 spiro atoms. The molecule has 4 heteroatoms. The first-order valence-corrected chi connectivity index (χ1v) is 6.23. The number of fused-ring (bicyclic) bond motifs is 1. The van der Waals surface area contributed by atoms with Crippen LogP contribution in [-0.2, 0) is 11.2 Å². The number of hydrogen-bond donors (Lipinski definition) is 0. The summed E-state index contributed by atoms with van der Waals surface area (Å²) in [5, 5.41) is -0.380. The zero-order valence-corrected chi connectivity index (χ0v) is 10.7. The van der Waals surface area contributed by atoms with Crippen molar-refractivity contribution in [3.05, 3.63) is 54.1 Å². The van der Waals surface area contributed by atoms with E-state index in [1.165, 1.54) is 0 Å². The number of benzene rings is 2. The van der Waals surface area contributed by atoms with Crippen molar-refractivity contribution in [3.8, 4) is 11.5 Å². The van der Waals surface area contributed by atoms with Crippen LogP contribution in [0.25, 0.3) is 22.6 Å². The van der Waals surface area contributed by atoms with Crippen LogP contribution in [-0.4, -0.2) is 10.2 Å². The fourth-order valence-electron chi connectivity index (χ4n) is 1.97. The Labute approximate surface area is 114 Å². The van der Waals surface area contributed by atoms with E-state index in [-0.39, 0.29) is 11.7 Å². The van der Waals surface area contributed by atoms with Crippen molar-refractivity contribution in [2.75, 3.05) is 0 Å². The van der Waals surface area contributed by atoms with Crippen molar-refractivity contribution < 1.29 is 9.21 Å². The van der Waals surface area contributed by atoms with E-state index in [9.17, 15) is 4.79 Å². The molecule has 0 atom stereocenters. The number of rotatable bonds is 3. The van der Waals surface area contributed by atoms with E-state index in [0.717, 1.165) is 22.2 Å². The van der Waals surface area contributed by atoms with Crippen LogP contribution in [0.4, 0.5) is 0 Å². The second-order valence-corrected chi connectivity index (χ2v) is 4.64. The normalized spacial score (nSPS) is 10.8. The number of carbonyl (C=O) groups excluding carboxylic acids is 1. The van der Waals surface area contributed by atoms with E-state index in [0.29, 0.717) is 5.89 Å². The molecule has 0 aliphatic rings. The average molecular weight is 272 g/mol. The van der Waals surface area contributed by atoms with Crippen molar-refractivity contribution in [3.63, 3.8) is 0 Å². The molecule has 3 rings (SSSR count). The predicted molar refractivity (Wildman–Crippen MR) is 74.0 cm³/mol. The summed E-state index contributed by atoms with van der Waals surface area (Å²) in [4.78, 5) is 15.3. The largest absolute Gasteiger partial charge is 0.436 e. The summed E-state index contributed by atoms with van der Waals surface area (Å²) >= 11 is 5.40. The molecule has 0 bridgehead atoms. The monoisotopic (exact) mass is 271 g/mol. The van der Waals surface area contributed by atoms with E-state index >= 15 is 0 Å². The lowest BCUT2D eigenvalue weighted by Crippen LogP contribution is -1.93. The molecule has 0 aliphatic heterocycles. The third-order valence-corrected chi connectivity index (χ3v) is 2.94. The SMILES string of the molecule is O=C(Cl)Cc1cccc(-c2nc3ccccc3o2)c1. The van der Waals surface area contributed by atoms with Crippen LogP contribution in [0.3, 0.4) is 0 Å². The Morgan fingerprint density at radius 3 is 2.79 bits per heavy atom. The molecule has 0 amide bonds. The second-order valence-electron chi connectivity index (χ2n) is 4.22. The van der Waals surface area contributed by atoms with Gasteiger partial charge in [-0.3, -0.25) is 4.79 Å². The molecule has 0 aliphatic carbocycles. The highest BCUT2D eigenvalue weighted by Crippen LogP contribution is 2.24. The van der Waals surface area contributed by atoms with Crippen LogP contribution in [0.5, 0.6) is 0 Å². The molecule has 19 heavy (non-hydrogen) atoms. The lowest BCUT2D eigenvalue weighted by molar-refractivity contribution is -0.111. The van der Waals surface area contributed by atoms with Gasteiger partial charge in [-0.1, -0.05) is 24.3 Å². The van der Waals surface area contributed by atoms with Gasteiger partial charge in [0.2, 0.25) is 11.1 Å². The molecule has 1 heterocycles. The van der Waals surface area contributed by atoms with E-state index in [4.69, 9.17) is 16.0 Å². The highest BCUT2D eigenvalue weighted by Gasteiger charge is 2.08. The van der Waals surface area contributed by atoms with Gasteiger partial charge in [-0.15, -0.1) is 0 Å². The van der Waals surface area contributed by atoms with Gasteiger partial charge >= 0.3 is 0 Å². The van der Waals surface area contributed by atoms with Gasteiger partial charge in [0.1, 0.15) is 5.52 Å². The first-order valence-electron chi connectivity index (χ1n) is 5.85. The minimum Gasteiger partial charge on any atom is -0.436 e. The second kappa shape index (κ2) is 4.86. The lowest BCUT2D eigenvalue weighted by Gasteiger charge is -1.99. The Morgan fingerprint density at radius 2 is 2.00 bits per heavy atom. The van der Waals surface area contributed by atoms with Gasteiger partial charge in [-0.25, -0.2) is 4.98 Å². The van der Waals surface area contributed by atoms with Crippen molar-refractivity contribution >= 4 is 27.9 Å². The molecule has 94 valence electrons. The van der Waals surface area contributed by atoms with Crippen molar-refractivity contribution in [1.82, 2.24) is 4.98 Å². The van der Waals surface area contributed by atoms with E-state index < -0.39 is 0 Å². The number of aromatic nitrogens is 1. The maximum absolute atomic E-state index is 10.9. The molecular weight excluding hydrogens is 262 g/mol. The molecule has 0 saturated carbocycles. The quantitative estimate of drug-likeness (QED) is 0.681. The molecule has 0 unspecified atom stereocenters. The summed E-state index contributed by atoms with van der Waals surface area (Å²) in [6, 6.07) is 15.1. The van der Waals surface area contributed by atoms with Crippen molar-refractivity contribution in [1.29, 1.82) is 0 Å². The first kappa shape index (κ1) is 11.9. The highest BCUT2D eigenvalue weighted by atomic mass is 35.5. The summed E-state index contributed by atoms with van der Waals surface area (Å²) < 4.78 is 5.69. The van der Waals surface area contributed by atoms with Gasteiger partial charge in [-0.2, -0.15) is 0 Å². The molecule has 0 radical (unpaired) electrons. The number of para-hydroxylation sites is 2. The predicted octanol–water partition coefficient (Wildman–Crippen LogP) is 3.80. The highest BCUT2D eigenvalue weighted by molar-refractivity contribution is 6.63. The molecule has 1 aromatic heterocycles. The molecule has 3 nitrogen and oxygen atoms in total. The van der Waals surface area contributed by atoms with Crippen LogP contribution in [0.15, 0.2) is 52.9 Å². The molecule has 0 fully saturated rings. The maximum atomic E-state index is 10.9. The standard InChI is InChI=1S/C15H10ClNO2/c16-14(18)9-10-4-3-5-11(8-10)15-17-12-6-1-2-7-13(12)19-15/h1-8H,9H2. The third-order valence-electron chi connectivity index (χ3n) is 2.81. The fourth-order valence-corrected chi connectivity index (χ4v) is 2.12. The van der Waals surface area contributed by atoms with Gasteiger partial charge < -0.3 is 4.42 Å². The Kier molecular flexibility index (Phi) is 3.05. The summed E-state index contributed by atoms with van der Waals surface area (Å²) in [5.74, 6) is 0.546. The van der Waals surface area contributed by atoms with Gasteiger partial charge in [0.15, 0.2) is 5.58 Å². The summed E-state index contributed by atoms with van der Waals surface area (Å²) in [7, 11) is 0. The lowest BCUT2D eigenvalue weighted by atomic mass is 10.1. The topological polar surface area (TPSA) is 43.1 Å². The minimum atomic E-state index is -0.380. The third kappa shape index (κ3) is 2.51. The summed E-state index contributed by atoms with van der Waals surface area (Å²) in [6.45, 7) is 0. The van der Waals surface area contributed by atoms with Crippen LogP contribution in [0.2, 0.25) is 0 Å². The average Bonchev–Trinajstić information content (AvgIpc) is 2.82. The molecule has 0 saturated heterocycles. The molecule has 2 aromatic carbocycles. The van der Waals surface area contributed by atoms with Crippen LogP contribution in [0.1, 0.15) is 5.56 Å². The molecule has 3 aromatic rings. The number of oxazole rings is 1. The fraction of sp³-hybridized carbons (Fsp3) is 0.0667. The number of hydrogen-bond acceptors (Lipinski definition) is 3. The van der Waals surface area contributed by atoms with Gasteiger partial charge in [-0.05, 0) is 41.4 Å². The Hall–Kier alpha value is -2.13. The van der Waals surface area contributed by atoms with Gasteiger partial charge in [0.05, 0.1) is 0 Å². The Bertz CT molecular complexity index is 715. The zero-order chi connectivity index (χ0) is 13.2. The number of halogens is 1. The first-order chi connectivity index (χ1) is 9.22. The van der Waals surface area contributed by atoms with E-state index in [1.54, 1.807) is 0 Å². The minimum absolute atomic E-state index is 0.204. The van der Waals surface area contributed by atoms with Crippen molar-refractivity contribution in [2.24, 2.45) is 0 Å². The zero-order valence-electron chi connectivity index (χ0n) is 9.97. The van der Waals surface area contributed by atoms with Crippen LogP contribution < -0.4 is 0 Å². The maximum Gasteiger partial charge on any atom is 0.227 e. The van der Waals surface area contributed by atoms with E-state index in [2.05, 4.69) is 4.98 Å².